The Hall–Kier alpha value is -1.57. The van der Waals surface area contributed by atoms with Crippen molar-refractivity contribution in [3.05, 3.63) is 39.8 Å². The molecule has 0 saturated carbocycles. The molecular formula is C13H10ClN3O2S2. The van der Waals surface area contributed by atoms with Gasteiger partial charge < -0.3 is 9.67 Å². The highest BCUT2D eigenvalue weighted by Crippen LogP contribution is 2.29. The fourth-order valence-corrected chi connectivity index (χ4v) is 3.48. The van der Waals surface area contributed by atoms with Crippen molar-refractivity contribution >= 4 is 51.7 Å². The summed E-state index contributed by atoms with van der Waals surface area (Å²) in [6.45, 7) is 0.601. The van der Waals surface area contributed by atoms with E-state index in [9.17, 15) is 4.79 Å². The number of para-hydroxylation sites is 1. The van der Waals surface area contributed by atoms with Gasteiger partial charge in [0.2, 0.25) is 0 Å². The molecule has 0 fully saturated rings. The summed E-state index contributed by atoms with van der Waals surface area (Å²) >= 11 is 8.91. The van der Waals surface area contributed by atoms with E-state index in [4.69, 9.17) is 16.7 Å². The molecule has 108 valence electrons. The van der Waals surface area contributed by atoms with Crippen LogP contribution in [0.15, 0.2) is 35.1 Å². The predicted octanol–water partition coefficient (Wildman–Crippen LogP) is 3.37. The summed E-state index contributed by atoms with van der Waals surface area (Å²) in [6, 6.07) is 5.57. The van der Waals surface area contributed by atoms with E-state index in [-0.39, 0.29) is 5.75 Å². The quantitative estimate of drug-likeness (QED) is 0.722. The predicted molar refractivity (Wildman–Crippen MR) is 84.3 cm³/mol. The van der Waals surface area contributed by atoms with E-state index in [0.717, 1.165) is 10.4 Å². The third-order valence-corrected chi connectivity index (χ3v) is 4.85. The number of carbonyl (C=O) groups is 1. The number of halogens is 1. The van der Waals surface area contributed by atoms with Crippen molar-refractivity contribution in [2.75, 3.05) is 5.75 Å². The van der Waals surface area contributed by atoms with E-state index in [1.54, 1.807) is 29.1 Å². The Balaban J connectivity index is 2.06. The summed E-state index contributed by atoms with van der Waals surface area (Å²) in [5, 5.41) is 10.1. The molecule has 0 spiro atoms. The summed E-state index contributed by atoms with van der Waals surface area (Å²) in [6.07, 6.45) is 1.80. The normalized spacial score (nSPS) is 11.1. The van der Waals surface area contributed by atoms with Crippen LogP contribution in [0.4, 0.5) is 0 Å². The molecule has 0 aliphatic carbocycles. The molecule has 3 rings (SSSR count). The highest BCUT2D eigenvalue weighted by molar-refractivity contribution is 7.99. The summed E-state index contributed by atoms with van der Waals surface area (Å²) < 4.78 is 1.97. The molecule has 8 heteroatoms. The van der Waals surface area contributed by atoms with Crippen molar-refractivity contribution < 1.29 is 9.90 Å². The number of hydrogen-bond donors (Lipinski definition) is 1. The molecule has 2 aromatic heterocycles. The van der Waals surface area contributed by atoms with Gasteiger partial charge in [0.1, 0.15) is 5.52 Å². The van der Waals surface area contributed by atoms with Crippen LogP contribution in [0.1, 0.15) is 4.88 Å². The lowest BCUT2D eigenvalue weighted by molar-refractivity contribution is -0.133. The first-order chi connectivity index (χ1) is 10.1. The summed E-state index contributed by atoms with van der Waals surface area (Å²) in [5.41, 5.74) is 3.35. The van der Waals surface area contributed by atoms with Gasteiger partial charge in [-0.25, -0.2) is 4.98 Å². The number of thiazole rings is 1. The number of fused-ring (bicyclic) bond motifs is 1. The number of rotatable bonds is 5. The van der Waals surface area contributed by atoms with Crippen molar-refractivity contribution in [3.63, 3.8) is 0 Å². The second-order valence-electron chi connectivity index (χ2n) is 4.24. The topological polar surface area (TPSA) is 68.0 Å². The minimum Gasteiger partial charge on any atom is -0.481 e. The molecule has 5 nitrogen and oxygen atoms in total. The number of aliphatic carboxylic acids is 1. The van der Waals surface area contributed by atoms with Crippen molar-refractivity contribution in [2.24, 2.45) is 0 Å². The Morgan fingerprint density at radius 1 is 1.48 bits per heavy atom. The number of hydrogen-bond acceptors (Lipinski definition) is 5. The van der Waals surface area contributed by atoms with E-state index < -0.39 is 5.97 Å². The number of carboxylic acid groups (broad SMARTS) is 1. The minimum absolute atomic E-state index is 0.0381. The van der Waals surface area contributed by atoms with Gasteiger partial charge in [-0.05, 0) is 12.1 Å². The van der Waals surface area contributed by atoms with Crippen molar-refractivity contribution in [1.82, 2.24) is 14.5 Å². The largest absolute Gasteiger partial charge is 0.481 e. The smallest absolute Gasteiger partial charge is 0.313 e. The van der Waals surface area contributed by atoms with Crippen LogP contribution >= 0.6 is 34.7 Å². The van der Waals surface area contributed by atoms with Crippen LogP contribution in [-0.2, 0) is 11.3 Å². The van der Waals surface area contributed by atoms with E-state index in [1.807, 2.05) is 16.7 Å². The molecule has 0 unspecified atom stereocenters. The Bertz CT molecular complexity index is 786. The van der Waals surface area contributed by atoms with E-state index in [2.05, 4.69) is 9.97 Å². The summed E-state index contributed by atoms with van der Waals surface area (Å²) in [4.78, 5) is 20.4. The van der Waals surface area contributed by atoms with Gasteiger partial charge in [-0.2, -0.15) is 0 Å². The van der Waals surface area contributed by atoms with E-state index in [1.165, 1.54) is 11.8 Å². The number of benzene rings is 1. The fraction of sp³-hybridized carbons (Fsp3) is 0.154. The third kappa shape index (κ3) is 3.04. The van der Waals surface area contributed by atoms with Gasteiger partial charge in [0.15, 0.2) is 5.16 Å². The monoisotopic (exact) mass is 339 g/mol. The highest BCUT2D eigenvalue weighted by Gasteiger charge is 2.15. The molecule has 1 N–H and O–H groups in total. The maximum Gasteiger partial charge on any atom is 0.313 e. The van der Waals surface area contributed by atoms with Gasteiger partial charge in [0, 0.05) is 11.1 Å². The molecule has 21 heavy (non-hydrogen) atoms. The van der Waals surface area contributed by atoms with Crippen molar-refractivity contribution in [2.45, 2.75) is 11.7 Å². The second kappa shape index (κ2) is 6.05. The summed E-state index contributed by atoms with van der Waals surface area (Å²) in [5.74, 6) is -0.911. The molecule has 0 radical (unpaired) electrons. The molecule has 1 aromatic carbocycles. The van der Waals surface area contributed by atoms with Gasteiger partial charge in [0.25, 0.3) is 0 Å². The summed E-state index contributed by atoms with van der Waals surface area (Å²) in [7, 11) is 0. The maximum atomic E-state index is 10.8. The minimum atomic E-state index is -0.873. The van der Waals surface area contributed by atoms with Gasteiger partial charge in [0.05, 0.1) is 28.3 Å². The number of aromatic nitrogens is 3. The number of carboxylic acids is 1. The number of nitrogens with zero attached hydrogens (tertiary/aromatic N) is 3. The van der Waals surface area contributed by atoms with Crippen LogP contribution in [0.5, 0.6) is 0 Å². The van der Waals surface area contributed by atoms with Crippen LogP contribution in [0.25, 0.3) is 11.0 Å². The average molecular weight is 340 g/mol. The highest BCUT2D eigenvalue weighted by atomic mass is 35.5. The fourth-order valence-electron chi connectivity index (χ4n) is 1.96. The van der Waals surface area contributed by atoms with Crippen LogP contribution in [0.3, 0.4) is 0 Å². The molecule has 3 aromatic rings. The van der Waals surface area contributed by atoms with Crippen LogP contribution in [0, 0.1) is 0 Å². The molecule has 2 heterocycles. The standard InChI is InChI=1S/C13H10ClN3O2S2/c14-9-2-1-3-10-12(9)16-13(20-6-11(18)19)17(10)5-8-4-15-7-21-8/h1-4,7H,5-6H2,(H,18,19). The van der Waals surface area contributed by atoms with Gasteiger partial charge in [-0.1, -0.05) is 29.4 Å². The zero-order valence-corrected chi connectivity index (χ0v) is 13.1. The Labute approximate surface area is 133 Å². The average Bonchev–Trinajstić information content (AvgIpc) is 3.07. The molecule has 0 aliphatic heterocycles. The lowest BCUT2D eigenvalue weighted by atomic mass is 10.3. The van der Waals surface area contributed by atoms with Gasteiger partial charge in [-0.15, -0.1) is 11.3 Å². The molecule has 0 atom stereocenters. The Morgan fingerprint density at radius 2 is 2.33 bits per heavy atom. The van der Waals surface area contributed by atoms with Crippen LogP contribution < -0.4 is 0 Å². The lowest BCUT2D eigenvalue weighted by Gasteiger charge is -2.06. The Kier molecular flexibility index (Phi) is 4.14. The first-order valence-electron chi connectivity index (χ1n) is 6.02. The van der Waals surface area contributed by atoms with E-state index >= 15 is 0 Å². The zero-order chi connectivity index (χ0) is 14.8. The van der Waals surface area contributed by atoms with Crippen LogP contribution in [-0.4, -0.2) is 31.4 Å². The SMILES string of the molecule is O=C(O)CSc1nc2c(Cl)cccc2n1Cc1cncs1. The number of thioether (sulfide) groups is 1. The van der Waals surface area contributed by atoms with Crippen molar-refractivity contribution in [3.8, 4) is 0 Å². The molecule has 0 amide bonds. The lowest BCUT2D eigenvalue weighted by Crippen LogP contribution is -2.03. The molecular weight excluding hydrogens is 330 g/mol. The van der Waals surface area contributed by atoms with Gasteiger partial charge >= 0.3 is 5.97 Å². The maximum absolute atomic E-state index is 10.8. The van der Waals surface area contributed by atoms with Crippen molar-refractivity contribution in [1.29, 1.82) is 0 Å². The Morgan fingerprint density at radius 3 is 3.05 bits per heavy atom. The van der Waals surface area contributed by atoms with E-state index in [0.29, 0.717) is 22.2 Å². The number of imidazole rings is 1. The third-order valence-electron chi connectivity index (χ3n) is 2.82. The zero-order valence-electron chi connectivity index (χ0n) is 10.7. The van der Waals surface area contributed by atoms with Gasteiger partial charge in [-0.3, -0.25) is 9.78 Å². The molecule has 0 saturated heterocycles. The van der Waals surface area contributed by atoms with Crippen LogP contribution in [0.2, 0.25) is 5.02 Å². The molecule has 0 bridgehead atoms. The molecule has 0 aliphatic rings. The first-order valence-corrected chi connectivity index (χ1v) is 8.26. The first kappa shape index (κ1) is 14.4. The second-order valence-corrected chi connectivity index (χ2v) is 6.56.